The molecular weight excluding hydrogens is 236 g/mol. The number of carbonyl (C=O) groups excluding carboxylic acids is 2. The Morgan fingerprint density at radius 1 is 0.941 bits per heavy atom. The fraction of sp³-hybridized carbons (Fsp3) is 0.286. The molecule has 2 aliphatic rings. The molecule has 0 heterocycles. The summed E-state index contributed by atoms with van der Waals surface area (Å²) in [6, 6.07) is 4.96. The third-order valence-electron chi connectivity index (χ3n) is 3.62. The third-order valence-corrected chi connectivity index (χ3v) is 3.85. The van der Waals surface area contributed by atoms with Crippen LogP contribution in [0.4, 0.5) is 0 Å². The van der Waals surface area contributed by atoms with Gasteiger partial charge in [-0.2, -0.15) is 0 Å². The molecule has 3 heteroatoms. The summed E-state index contributed by atoms with van der Waals surface area (Å²) in [7, 11) is 0. The van der Waals surface area contributed by atoms with E-state index in [0.29, 0.717) is 29.0 Å². The van der Waals surface area contributed by atoms with Crippen molar-refractivity contribution in [2.24, 2.45) is 11.8 Å². The van der Waals surface area contributed by atoms with Crippen molar-refractivity contribution in [1.82, 2.24) is 0 Å². The van der Waals surface area contributed by atoms with Gasteiger partial charge in [0.1, 0.15) is 0 Å². The van der Waals surface area contributed by atoms with E-state index < -0.39 is 0 Å². The van der Waals surface area contributed by atoms with Crippen molar-refractivity contribution in [3.05, 3.63) is 46.5 Å². The maximum absolute atomic E-state index is 12.3. The summed E-state index contributed by atoms with van der Waals surface area (Å²) in [4.78, 5) is 24.6. The Bertz CT molecular complexity index is 545. The molecule has 0 aliphatic heterocycles. The van der Waals surface area contributed by atoms with Crippen molar-refractivity contribution in [2.45, 2.75) is 12.8 Å². The number of hydrogen-bond acceptors (Lipinski definition) is 2. The van der Waals surface area contributed by atoms with E-state index in [-0.39, 0.29) is 23.4 Å². The summed E-state index contributed by atoms with van der Waals surface area (Å²) in [5.41, 5.74) is 1.04. The highest BCUT2D eigenvalue weighted by molar-refractivity contribution is 6.31. The number of halogens is 1. The highest BCUT2D eigenvalue weighted by Gasteiger charge is 2.41. The summed E-state index contributed by atoms with van der Waals surface area (Å²) < 4.78 is 0. The van der Waals surface area contributed by atoms with Crippen LogP contribution in [0.2, 0.25) is 5.02 Å². The summed E-state index contributed by atoms with van der Waals surface area (Å²) in [5, 5.41) is 0.509. The van der Waals surface area contributed by atoms with Gasteiger partial charge in [-0.1, -0.05) is 23.8 Å². The van der Waals surface area contributed by atoms with Crippen LogP contribution in [0.25, 0.3) is 0 Å². The zero-order valence-electron chi connectivity index (χ0n) is 9.15. The first-order valence-corrected chi connectivity index (χ1v) is 6.09. The Hall–Kier alpha value is -1.41. The monoisotopic (exact) mass is 246 g/mol. The second-order valence-corrected chi connectivity index (χ2v) is 5.01. The highest BCUT2D eigenvalue weighted by atomic mass is 35.5. The number of Topliss-reactive ketones (excluding diaryl/α,β-unsaturated/α-hetero) is 2. The summed E-state index contributed by atoms with van der Waals surface area (Å²) in [6.07, 6.45) is 5.33. The number of fused-ring (bicyclic) bond motifs is 2. The van der Waals surface area contributed by atoms with Gasteiger partial charge in [0, 0.05) is 28.0 Å². The number of hydrogen-bond donors (Lipinski definition) is 0. The lowest BCUT2D eigenvalue weighted by molar-refractivity contribution is 0.0729. The van der Waals surface area contributed by atoms with Gasteiger partial charge < -0.3 is 0 Å². The summed E-state index contributed by atoms with van der Waals surface area (Å²) in [6.45, 7) is 0. The maximum Gasteiger partial charge on any atom is 0.167 e. The minimum atomic E-state index is -0.182. The van der Waals surface area contributed by atoms with Crippen molar-refractivity contribution in [2.75, 3.05) is 0 Å². The quantitative estimate of drug-likeness (QED) is 0.658. The minimum absolute atomic E-state index is 0.0662. The van der Waals surface area contributed by atoms with E-state index in [4.69, 9.17) is 11.6 Å². The van der Waals surface area contributed by atoms with Crippen molar-refractivity contribution in [1.29, 1.82) is 0 Å². The molecule has 0 fully saturated rings. The van der Waals surface area contributed by atoms with Crippen LogP contribution in [-0.2, 0) is 0 Å². The predicted molar refractivity (Wildman–Crippen MR) is 65.5 cm³/mol. The predicted octanol–water partition coefficient (Wildman–Crippen LogP) is 3.30. The second-order valence-electron chi connectivity index (χ2n) is 4.57. The van der Waals surface area contributed by atoms with Crippen LogP contribution in [0, 0.1) is 11.8 Å². The van der Waals surface area contributed by atoms with Crippen LogP contribution in [0.1, 0.15) is 33.6 Å². The van der Waals surface area contributed by atoms with Crippen LogP contribution in [0.15, 0.2) is 30.4 Å². The molecule has 0 aromatic heterocycles. The first-order valence-electron chi connectivity index (χ1n) is 5.71. The zero-order valence-corrected chi connectivity index (χ0v) is 9.91. The van der Waals surface area contributed by atoms with Gasteiger partial charge in [-0.3, -0.25) is 9.59 Å². The molecule has 0 saturated heterocycles. The molecule has 0 amide bonds. The van der Waals surface area contributed by atoms with Crippen molar-refractivity contribution in [3.8, 4) is 0 Å². The number of benzene rings is 1. The molecule has 0 saturated carbocycles. The van der Waals surface area contributed by atoms with E-state index in [1.807, 2.05) is 12.2 Å². The average molecular weight is 247 g/mol. The fourth-order valence-electron chi connectivity index (χ4n) is 2.73. The second kappa shape index (κ2) is 3.81. The van der Waals surface area contributed by atoms with Crippen LogP contribution in [0.3, 0.4) is 0 Å². The Morgan fingerprint density at radius 3 is 2.18 bits per heavy atom. The van der Waals surface area contributed by atoms with Crippen LogP contribution in [0.5, 0.6) is 0 Å². The molecule has 2 atom stereocenters. The lowest BCUT2D eigenvalue weighted by Gasteiger charge is -2.31. The van der Waals surface area contributed by atoms with Crippen molar-refractivity contribution < 1.29 is 9.59 Å². The van der Waals surface area contributed by atoms with Crippen LogP contribution < -0.4 is 0 Å². The molecule has 17 heavy (non-hydrogen) atoms. The SMILES string of the molecule is O=C1c2ccc(Cl)cc2C(=O)C2CC=CCC12. The number of ketones is 2. The zero-order chi connectivity index (χ0) is 12.0. The van der Waals surface area contributed by atoms with E-state index in [0.717, 1.165) is 0 Å². The van der Waals surface area contributed by atoms with E-state index in [9.17, 15) is 9.59 Å². The Morgan fingerprint density at radius 2 is 1.53 bits per heavy atom. The first-order chi connectivity index (χ1) is 8.18. The van der Waals surface area contributed by atoms with E-state index in [2.05, 4.69) is 0 Å². The number of rotatable bonds is 0. The van der Waals surface area contributed by atoms with Gasteiger partial charge in [-0.15, -0.1) is 0 Å². The molecule has 86 valence electrons. The van der Waals surface area contributed by atoms with Gasteiger partial charge in [0.25, 0.3) is 0 Å². The Labute approximate surface area is 104 Å². The molecule has 2 nitrogen and oxygen atoms in total. The number of allylic oxidation sites excluding steroid dienone is 2. The molecule has 2 unspecified atom stereocenters. The Balaban J connectivity index is 2.16. The molecule has 0 radical (unpaired) electrons. The lowest BCUT2D eigenvalue weighted by Crippen LogP contribution is -2.37. The smallest absolute Gasteiger partial charge is 0.167 e. The first kappa shape index (κ1) is 10.7. The summed E-state index contributed by atoms with van der Waals surface area (Å²) >= 11 is 5.89. The van der Waals surface area contributed by atoms with Gasteiger partial charge in [0.15, 0.2) is 11.6 Å². The van der Waals surface area contributed by atoms with Crippen molar-refractivity contribution >= 4 is 23.2 Å². The van der Waals surface area contributed by atoms with E-state index in [1.54, 1.807) is 18.2 Å². The van der Waals surface area contributed by atoms with Gasteiger partial charge in [0.05, 0.1) is 0 Å². The average Bonchev–Trinajstić information content (AvgIpc) is 2.36. The van der Waals surface area contributed by atoms with Gasteiger partial charge in [0.2, 0.25) is 0 Å². The van der Waals surface area contributed by atoms with Crippen LogP contribution in [-0.4, -0.2) is 11.6 Å². The van der Waals surface area contributed by atoms with E-state index in [1.165, 1.54) is 0 Å². The van der Waals surface area contributed by atoms with Crippen molar-refractivity contribution in [3.63, 3.8) is 0 Å². The molecule has 1 aromatic rings. The maximum atomic E-state index is 12.3. The molecule has 3 rings (SSSR count). The van der Waals surface area contributed by atoms with Gasteiger partial charge >= 0.3 is 0 Å². The standard InChI is InChI=1S/C14H11ClO2/c15-8-5-6-11-12(7-8)14(17)10-4-2-1-3-9(10)13(11)16/h1-2,5-7,9-10H,3-4H2. The normalized spacial score (nSPS) is 26.6. The van der Waals surface area contributed by atoms with E-state index >= 15 is 0 Å². The molecule has 2 aliphatic carbocycles. The Kier molecular flexibility index (Phi) is 2.40. The van der Waals surface area contributed by atoms with Gasteiger partial charge in [-0.05, 0) is 31.0 Å². The largest absolute Gasteiger partial charge is 0.294 e. The molecule has 0 N–H and O–H groups in total. The molecule has 1 aromatic carbocycles. The number of carbonyl (C=O) groups is 2. The molecule has 0 bridgehead atoms. The topological polar surface area (TPSA) is 34.1 Å². The highest BCUT2D eigenvalue weighted by Crippen LogP contribution is 2.37. The molecular formula is C14H11ClO2. The van der Waals surface area contributed by atoms with Gasteiger partial charge in [-0.25, -0.2) is 0 Å². The molecule has 0 spiro atoms. The van der Waals surface area contributed by atoms with Crippen LogP contribution >= 0.6 is 11.6 Å². The minimum Gasteiger partial charge on any atom is -0.294 e. The lowest BCUT2D eigenvalue weighted by atomic mass is 9.69. The third kappa shape index (κ3) is 1.55. The summed E-state index contributed by atoms with van der Waals surface area (Å²) in [5.74, 6) is -0.193. The fourth-order valence-corrected chi connectivity index (χ4v) is 2.90.